The average molecular weight is 459 g/mol. The van der Waals surface area contributed by atoms with E-state index in [1.165, 1.54) is 12.8 Å². The van der Waals surface area contributed by atoms with Gasteiger partial charge in [0.05, 0.1) is 10.6 Å². The van der Waals surface area contributed by atoms with E-state index in [9.17, 15) is 5.11 Å². The van der Waals surface area contributed by atoms with E-state index in [2.05, 4.69) is 36.9 Å². The maximum Gasteiger partial charge on any atom is 0.138 e. The topological polar surface area (TPSA) is 35.9 Å². The van der Waals surface area contributed by atoms with Crippen LogP contribution in [0.4, 0.5) is 0 Å². The van der Waals surface area contributed by atoms with Crippen LogP contribution >= 0.6 is 11.6 Å². The first kappa shape index (κ1) is 25.0. The maximum atomic E-state index is 11.4. The summed E-state index contributed by atoms with van der Waals surface area (Å²) in [5, 5.41) is 12.0. The Morgan fingerprint density at radius 1 is 1.22 bits per heavy atom. The molecule has 3 unspecified atom stereocenters. The Balaban J connectivity index is 1.77. The first-order valence-electron chi connectivity index (χ1n) is 11.9. The zero-order valence-corrected chi connectivity index (χ0v) is 20.8. The van der Waals surface area contributed by atoms with Crippen molar-refractivity contribution in [1.29, 1.82) is 0 Å². The molecule has 0 amide bonds. The van der Waals surface area contributed by atoms with Crippen molar-refractivity contribution in [3.63, 3.8) is 0 Å². The number of hydrogen-bond acceptors (Lipinski definition) is 4. The van der Waals surface area contributed by atoms with Gasteiger partial charge in [0.1, 0.15) is 12.4 Å². The Labute approximate surface area is 199 Å². The van der Waals surface area contributed by atoms with Gasteiger partial charge in [0, 0.05) is 25.0 Å². The highest BCUT2D eigenvalue weighted by atomic mass is 35.5. The third kappa shape index (κ3) is 6.71. The smallest absolute Gasteiger partial charge is 0.138 e. The number of likely N-dealkylation sites (tertiary alicyclic amines) is 1. The Hall–Kier alpha value is -1.59. The SMILES string of the molecule is CCCC(C)(O)C(CN1CCCC(N(C)C)C1)c1ccc(OCc2ccccc2)c(Cl)c1. The van der Waals surface area contributed by atoms with E-state index in [1.54, 1.807) is 0 Å². The molecule has 0 saturated carbocycles. The van der Waals surface area contributed by atoms with Gasteiger partial charge in [-0.1, -0.05) is 61.3 Å². The van der Waals surface area contributed by atoms with E-state index in [-0.39, 0.29) is 5.92 Å². The predicted molar refractivity (Wildman–Crippen MR) is 134 cm³/mol. The highest BCUT2D eigenvalue weighted by Gasteiger charge is 2.35. The number of aliphatic hydroxyl groups is 1. The Morgan fingerprint density at radius 2 is 1.97 bits per heavy atom. The summed E-state index contributed by atoms with van der Waals surface area (Å²) in [6.45, 7) is 7.53. The molecule has 0 aromatic heterocycles. The van der Waals surface area contributed by atoms with Crippen LogP contribution in [0.15, 0.2) is 48.5 Å². The average Bonchev–Trinajstić information content (AvgIpc) is 2.77. The van der Waals surface area contributed by atoms with Gasteiger partial charge in [-0.3, -0.25) is 0 Å². The summed E-state index contributed by atoms with van der Waals surface area (Å²) in [5.41, 5.74) is 1.39. The van der Waals surface area contributed by atoms with Crippen molar-refractivity contribution in [2.45, 2.75) is 63.7 Å². The van der Waals surface area contributed by atoms with Crippen LogP contribution < -0.4 is 4.74 Å². The molecule has 0 spiro atoms. The third-order valence-corrected chi connectivity index (χ3v) is 7.05. The molecule has 2 aromatic carbocycles. The van der Waals surface area contributed by atoms with E-state index in [0.717, 1.165) is 43.6 Å². The second-order valence-electron chi connectivity index (χ2n) is 9.64. The molecule has 3 atom stereocenters. The number of likely N-dealkylation sites (N-methyl/N-ethyl adjacent to an activating group) is 1. The van der Waals surface area contributed by atoms with Crippen molar-refractivity contribution in [3.8, 4) is 5.75 Å². The molecule has 3 rings (SSSR count). The minimum Gasteiger partial charge on any atom is -0.487 e. The molecule has 1 aliphatic rings. The lowest BCUT2D eigenvalue weighted by molar-refractivity contribution is 0.00242. The summed E-state index contributed by atoms with van der Waals surface area (Å²) < 4.78 is 5.97. The van der Waals surface area contributed by atoms with Crippen LogP contribution in [-0.4, -0.2) is 60.3 Å². The molecular weight excluding hydrogens is 420 g/mol. The predicted octanol–water partition coefficient (Wildman–Crippen LogP) is 5.58. The quantitative estimate of drug-likeness (QED) is 0.504. The van der Waals surface area contributed by atoms with Gasteiger partial charge in [-0.2, -0.15) is 0 Å². The van der Waals surface area contributed by atoms with Crippen molar-refractivity contribution < 1.29 is 9.84 Å². The fraction of sp³-hybridized carbons (Fsp3) is 0.556. The standard InChI is InChI=1S/C27H39ClN2O2/c1-5-15-27(2,31)24(19-30-16-9-12-23(18-30)29(3)4)22-13-14-26(25(28)17-22)32-20-21-10-7-6-8-11-21/h6-8,10-11,13-14,17,23-24,31H,5,9,12,15-16,18-20H2,1-4H3. The normalized spacial score (nSPS) is 20.2. The molecule has 176 valence electrons. The van der Waals surface area contributed by atoms with E-state index in [0.29, 0.717) is 23.4 Å². The van der Waals surface area contributed by atoms with Crippen LogP contribution in [-0.2, 0) is 6.61 Å². The van der Waals surface area contributed by atoms with Gasteiger partial charge in [0.25, 0.3) is 0 Å². The summed E-state index contributed by atoms with van der Waals surface area (Å²) >= 11 is 6.65. The van der Waals surface area contributed by atoms with Gasteiger partial charge in [0.15, 0.2) is 0 Å². The van der Waals surface area contributed by atoms with Crippen molar-refractivity contribution in [3.05, 3.63) is 64.7 Å². The van der Waals surface area contributed by atoms with Crippen LogP contribution in [0, 0.1) is 0 Å². The van der Waals surface area contributed by atoms with Crippen molar-refractivity contribution in [2.75, 3.05) is 33.7 Å². The fourth-order valence-electron chi connectivity index (χ4n) is 4.80. The number of ether oxygens (including phenoxy) is 1. The minimum absolute atomic E-state index is 0.0102. The van der Waals surface area contributed by atoms with Crippen LogP contribution in [0.3, 0.4) is 0 Å². The molecule has 1 saturated heterocycles. The van der Waals surface area contributed by atoms with Gasteiger partial charge in [0.2, 0.25) is 0 Å². The van der Waals surface area contributed by atoms with Crippen LogP contribution in [0.2, 0.25) is 5.02 Å². The summed E-state index contributed by atoms with van der Waals surface area (Å²) in [7, 11) is 4.32. The van der Waals surface area contributed by atoms with E-state index < -0.39 is 5.60 Å². The number of piperidine rings is 1. The molecule has 0 radical (unpaired) electrons. The maximum absolute atomic E-state index is 11.4. The lowest BCUT2D eigenvalue weighted by Gasteiger charge is -2.41. The fourth-order valence-corrected chi connectivity index (χ4v) is 5.05. The molecule has 5 heteroatoms. The first-order chi connectivity index (χ1) is 15.3. The number of benzene rings is 2. The number of hydrogen-bond donors (Lipinski definition) is 1. The van der Waals surface area contributed by atoms with Gasteiger partial charge < -0.3 is 19.6 Å². The van der Waals surface area contributed by atoms with Gasteiger partial charge in [-0.25, -0.2) is 0 Å². The van der Waals surface area contributed by atoms with Gasteiger partial charge in [-0.15, -0.1) is 0 Å². The molecule has 4 nitrogen and oxygen atoms in total. The summed E-state index contributed by atoms with van der Waals surface area (Å²) in [5.74, 6) is 0.669. The third-order valence-electron chi connectivity index (χ3n) is 6.75. The Bertz CT molecular complexity index is 841. The highest BCUT2D eigenvalue weighted by molar-refractivity contribution is 6.32. The first-order valence-corrected chi connectivity index (χ1v) is 12.2. The second kappa shape index (κ2) is 11.5. The van der Waals surface area contributed by atoms with Crippen LogP contribution in [0.1, 0.15) is 56.6 Å². The minimum atomic E-state index is -0.796. The summed E-state index contributed by atoms with van der Waals surface area (Å²) in [4.78, 5) is 4.83. The Morgan fingerprint density at radius 3 is 2.62 bits per heavy atom. The highest BCUT2D eigenvalue weighted by Crippen LogP contribution is 2.37. The molecule has 1 N–H and O–H groups in total. The van der Waals surface area contributed by atoms with Crippen molar-refractivity contribution in [1.82, 2.24) is 9.80 Å². The van der Waals surface area contributed by atoms with Crippen molar-refractivity contribution in [2.24, 2.45) is 0 Å². The number of nitrogens with zero attached hydrogens (tertiary/aromatic N) is 2. The molecule has 1 aliphatic heterocycles. The van der Waals surface area contributed by atoms with Gasteiger partial charge in [-0.05, 0) is 70.1 Å². The molecule has 1 fully saturated rings. The Kier molecular flexibility index (Phi) is 9.01. The molecular formula is C27H39ClN2O2. The molecule has 32 heavy (non-hydrogen) atoms. The van der Waals surface area contributed by atoms with Gasteiger partial charge >= 0.3 is 0 Å². The zero-order chi connectivity index (χ0) is 23.1. The van der Waals surface area contributed by atoms with E-state index in [1.807, 2.05) is 49.4 Å². The van der Waals surface area contributed by atoms with E-state index >= 15 is 0 Å². The molecule has 0 bridgehead atoms. The monoisotopic (exact) mass is 458 g/mol. The second-order valence-corrected chi connectivity index (χ2v) is 10.1. The summed E-state index contributed by atoms with van der Waals surface area (Å²) in [6, 6.07) is 16.7. The van der Waals surface area contributed by atoms with Crippen LogP contribution in [0.5, 0.6) is 5.75 Å². The summed E-state index contributed by atoms with van der Waals surface area (Å²) in [6.07, 6.45) is 4.12. The van der Waals surface area contributed by atoms with Crippen molar-refractivity contribution >= 4 is 11.6 Å². The molecule has 1 heterocycles. The number of rotatable bonds is 10. The van der Waals surface area contributed by atoms with Crippen LogP contribution in [0.25, 0.3) is 0 Å². The molecule has 2 aromatic rings. The largest absolute Gasteiger partial charge is 0.487 e. The van der Waals surface area contributed by atoms with E-state index in [4.69, 9.17) is 16.3 Å². The lowest BCUT2D eigenvalue weighted by Crippen LogP contribution is -2.49. The lowest BCUT2D eigenvalue weighted by atomic mass is 9.79. The number of halogens is 1. The zero-order valence-electron chi connectivity index (χ0n) is 20.1. The molecule has 0 aliphatic carbocycles.